The number of fused-ring (bicyclic) bond motifs is 1. The molecule has 3 aromatic rings. The Balaban J connectivity index is 1.61. The minimum absolute atomic E-state index is 0.0115. The van der Waals surface area contributed by atoms with Crippen LogP contribution in [0.5, 0.6) is 0 Å². The fraction of sp³-hybridized carbons (Fsp3) is 0.238. The van der Waals surface area contributed by atoms with Crippen LogP contribution in [0.1, 0.15) is 46.7 Å². The molecule has 4 rings (SSSR count). The number of primary sulfonamides is 1. The molecule has 1 aliphatic carbocycles. The maximum Gasteiger partial charge on any atom is 0.272 e. The molecule has 2 aromatic carbocycles. The zero-order valence-electron chi connectivity index (χ0n) is 16.3. The van der Waals surface area contributed by atoms with Gasteiger partial charge in [-0.05, 0) is 68.1 Å². The molecule has 30 heavy (non-hydrogen) atoms. The number of carbonyl (C=O) groups is 1. The van der Waals surface area contributed by atoms with Crippen LogP contribution < -0.4 is 10.5 Å². The number of aromatic nitrogens is 2. The first-order chi connectivity index (χ1) is 14.2. The van der Waals surface area contributed by atoms with Gasteiger partial charge in [0.15, 0.2) is 5.69 Å². The van der Waals surface area contributed by atoms with Crippen molar-refractivity contribution >= 4 is 15.9 Å². The van der Waals surface area contributed by atoms with E-state index in [1.165, 1.54) is 24.3 Å². The number of halogens is 1. The summed E-state index contributed by atoms with van der Waals surface area (Å²) in [6.45, 7) is 1.76. The van der Waals surface area contributed by atoms with E-state index in [4.69, 9.17) is 5.14 Å². The first-order valence-corrected chi connectivity index (χ1v) is 11.1. The van der Waals surface area contributed by atoms with Crippen LogP contribution in [0.25, 0.3) is 5.69 Å². The Kier molecular flexibility index (Phi) is 5.17. The number of nitrogens with zero attached hydrogens (tertiary/aromatic N) is 2. The summed E-state index contributed by atoms with van der Waals surface area (Å²) in [6.07, 6.45) is 2.45. The van der Waals surface area contributed by atoms with Crippen molar-refractivity contribution < 1.29 is 17.6 Å². The van der Waals surface area contributed by atoms with Gasteiger partial charge in [-0.1, -0.05) is 12.1 Å². The lowest BCUT2D eigenvalue weighted by Gasteiger charge is -2.14. The first-order valence-electron chi connectivity index (χ1n) is 9.54. The SMILES string of the molecule is CC(NC(=O)c1nn(-c2ccc(F)cc2)c2c1CCC2)c1cccc(S(N)(=O)=O)c1. The van der Waals surface area contributed by atoms with Gasteiger partial charge >= 0.3 is 0 Å². The predicted molar refractivity (Wildman–Crippen MR) is 109 cm³/mol. The molecule has 0 aliphatic heterocycles. The molecule has 1 aliphatic rings. The standard InChI is InChI=1S/C21H21FN4O3S/c1-13(14-4-2-5-17(12-14)30(23,28)29)24-21(27)20-18-6-3-7-19(18)26(25-20)16-10-8-15(22)9-11-16/h2,4-5,8-13H,3,6-7H2,1H3,(H,24,27)(H2,23,28,29). The van der Waals surface area contributed by atoms with Gasteiger partial charge in [-0.15, -0.1) is 0 Å². The molecule has 1 unspecified atom stereocenters. The maximum absolute atomic E-state index is 13.3. The Labute approximate surface area is 173 Å². The van der Waals surface area contributed by atoms with Gasteiger partial charge in [-0.3, -0.25) is 4.79 Å². The van der Waals surface area contributed by atoms with E-state index in [0.717, 1.165) is 30.5 Å². The smallest absolute Gasteiger partial charge is 0.272 e. The van der Waals surface area contributed by atoms with Crippen LogP contribution in [0.15, 0.2) is 53.4 Å². The van der Waals surface area contributed by atoms with Crippen molar-refractivity contribution in [3.63, 3.8) is 0 Å². The summed E-state index contributed by atoms with van der Waals surface area (Å²) < 4.78 is 38.2. The number of nitrogens with one attached hydrogen (secondary N) is 1. The highest BCUT2D eigenvalue weighted by molar-refractivity contribution is 7.89. The number of rotatable bonds is 5. The topological polar surface area (TPSA) is 107 Å². The number of amides is 1. The summed E-state index contributed by atoms with van der Waals surface area (Å²) in [4.78, 5) is 13.0. The third-order valence-electron chi connectivity index (χ3n) is 5.25. The fourth-order valence-electron chi connectivity index (χ4n) is 3.72. The van der Waals surface area contributed by atoms with Gasteiger partial charge in [0, 0.05) is 11.3 Å². The molecule has 9 heteroatoms. The molecule has 1 amide bonds. The first kappa shape index (κ1) is 20.2. The van der Waals surface area contributed by atoms with E-state index >= 15 is 0 Å². The van der Waals surface area contributed by atoms with Crippen molar-refractivity contribution in [3.8, 4) is 5.69 Å². The summed E-state index contributed by atoms with van der Waals surface area (Å²) >= 11 is 0. The lowest BCUT2D eigenvalue weighted by molar-refractivity contribution is 0.0933. The molecule has 1 atom stereocenters. The molecule has 0 spiro atoms. The van der Waals surface area contributed by atoms with Crippen LogP contribution in [0.4, 0.5) is 4.39 Å². The largest absolute Gasteiger partial charge is 0.344 e. The Morgan fingerprint density at radius 1 is 1.20 bits per heavy atom. The van der Waals surface area contributed by atoms with Gasteiger partial charge in [-0.25, -0.2) is 22.6 Å². The summed E-state index contributed by atoms with van der Waals surface area (Å²) in [7, 11) is -3.83. The van der Waals surface area contributed by atoms with Gasteiger partial charge in [0.1, 0.15) is 5.82 Å². The Bertz CT molecular complexity index is 1220. The van der Waals surface area contributed by atoms with Crippen LogP contribution in [0.2, 0.25) is 0 Å². The quantitative estimate of drug-likeness (QED) is 0.651. The van der Waals surface area contributed by atoms with Crippen molar-refractivity contribution in [2.75, 3.05) is 0 Å². The average Bonchev–Trinajstić information content (AvgIpc) is 3.31. The van der Waals surface area contributed by atoms with E-state index in [1.807, 2.05) is 0 Å². The second kappa shape index (κ2) is 7.66. The van der Waals surface area contributed by atoms with E-state index in [2.05, 4.69) is 10.4 Å². The molecule has 0 saturated heterocycles. The Hall–Kier alpha value is -3.04. The van der Waals surface area contributed by atoms with Crippen LogP contribution in [0.3, 0.4) is 0 Å². The van der Waals surface area contributed by atoms with E-state index in [0.29, 0.717) is 16.9 Å². The van der Waals surface area contributed by atoms with Crippen LogP contribution >= 0.6 is 0 Å². The highest BCUT2D eigenvalue weighted by atomic mass is 32.2. The number of nitrogens with two attached hydrogens (primary N) is 1. The van der Waals surface area contributed by atoms with Crippen molar-refractivity contribution in [1.82, 2.24) is 15.1 Å². The van der Waals surface area contributed by atoms with Gasteiger partial charge in [0.05, 0.1) is 16.6 Å². The molecule has 1 heterocycles. The molecular weight excluding hydrogens is 407 g/mol. The number of sulfonamides is 1. The van der Waals surface area contributed by atoms with Crippen molar-refractivity contribution in [2.45, 2.75) is 37.1 Å². The summed E-state index contributed by atoms with van der Waals surface area (Å²) in [6, 6.07) is 11.7. The molecule has 0 radical (unpaired) electrons. The highest BCUT2D eigenvalue weighted by Crippen LogP contribution is 2.28. The zero-order chi connectivity index (χ0) is 21.5. The third kappa shape index (κ3) is 3.86. The normalized spacial score (nSPS) is 14.4. The minimum Gasteiger partial charge on any atom is -0.344 e. The van der Waals surface area contributed by atoms with Gasteiger partial charge < -0.3 is 5.32 Å². The molecule has 0 bridgehead atoms. The Morgan fingerprint density at radius 3 is 2.63 bits per heavy atom. The number of hydrogen-bond acceptors (Lipinski definition) is 4. The highest BCUT2D eigenvalue weighted by Gasteiger charge is 2.27. The average molecular weight is 428 g/mol. The minimum atomic E-state index is -3.83. The number of benzene rings is 2. The molecule has 7 nitrogen and oxygen atoms in total. The number of hydrogen-bond donors (Lipinski definition) is 2. The predicted octanol–water partition coefficient (Wildman–Crippen LogP) is 2.64. The molecule has 1 aromatic heterocycles. The summed E-state index contributed by atoms with van der Waals surface area (Å²) in [5.41, 5.74) is 3.49. The molecule has 0 fully saturated rings. The van der Waals surface area contributed by atoms with E-state index < -0.39 is 16.1 Å². The van der Waals surface area contributed by atoms with Crippen LogP contribution in [0, 0.1) is 5.82 Å². The monoisotopic (exact) mass is 428 g/mol. The van der Waals surface area contributed by atoms with Gasteiger partial charge in [-0.2, -0.15) is 5.10 Å². The molecule has 3 N–H and O–H groups in total. The van der Waals surface area contributed by atoms with Gasteiger partial charge in [0.25, 0.3) is 5.91 Å². The molecular formula is C21H21FN4O3S. The number of carbonyl (C=O) groups excluding carboxylic acids is 1. The molecule has 156 valence electrons. The van der Waals surface area contributed by atoms with Crippen LogP contribution in [-0.4, -0.2) is 24.1 Å². The second-order valence-electron chi connectivity index (χ2n) is 7.33. The third-order valence-corrected chi connectivity index (χ3v) is 6.16. The lowest BCUT2D eigenvalue weighted by Crippen LogP contribution is -2.28. The van der Waals surface area contributed by atoms with Crippen molar-refractivity contribution in [3.05, 3.63) is 76.9 Å². The Morgan fingerprint density at radius 2 is 1.93 bits per heavy atom. The van der Waals surface area contributed by atoms with E-state index in [-0.39, 0.29) is 16.6 Å². The van der Waals surface area contributed by atoms with Gasteiger partial charge in [0.2, 0.25) is 10.0 Å². The lowest BCUT2D eigenvalue weighted by atomic mass is 10.1. The summed E-state index contributed by atoms with van der Waals surface area (Å²) in [5.74, 6) is -0.682. The van der Waals surface area contributed by atoms with Crippen molar-refractivity contribution in [2.24, 2.45) is 5.14 Å². The fourth-order valence-corrected chi connectivity index (χ4v) is 4.29. The second-order valence-corrected chi connectivity index (χ2v) is 8.89. The van der Waals surface area contributed by atoms with Crippen molar-refractivity contribution in [1.29, 1.82) is 0 Å². The summed E-state index contributed by atoms with van der Waals surface area (Å²) in [5, 5.41) is 12.6. The van der Waals surface area contributed by atoms with Crippen LogP contribution in [-0.2, 0) is 22.9 Å². The van der Waals surface area contributed by atoms with E-state index in [1.54, 1.807) is 35.9 Å². The molecule has 0 saturated carbocycles. The van der Waals surface area contributed by atoms with E-state index in [9.17, 15) is 17.6 Å². The maximum atomic E-state index is 13.3. The zero-order valence-corrected chi connectivity index (χ0v) is 17.1.